The van der Waals surface area contributed by atoms with Gasteiger partial charge in [-0.25, -0.2) is 14.2 Å². The van der Waals surface area contributed by atoms with Crippen LogP contribution in [0.15, 0.2) is 63.5 Å². The fraction of sp³-hybridized carbons (Fsp3) is 0.208. The first-order valence-electron chi connectivity index (χ1n) is 9.96. The minimum atomic E-state index is -0.790. The molecule has 7 nitrogen and oxygen atoms in total. The molecule has 0 radical (unpaired) electrons. The smallest absolute Gasteiger partial charge is 0.338 e. The lowest BCUT2D eigenvalue weighted by molar-refractivity contribution is -0.136. The van der Waals surface area contributed by atoms with Crippen LogP contribution in [0.4, 0.5) is 4.39 Å². The predicted octanol–water partition coefficient (Wildman–Crippen LogP) is 2.56. The van der Waals surface area contributed by atoms with E-state index >= 15 is 0 Å². The quantitative estimate of drug-likeness (QED) is 0.538. The van der Waals surface area contributed by atoms with Gasteiger partial charge in [-0.15, -0.1) is 0 Å². The Morgan fingerprint density at radius 2 is 1.79 bits per heavy atom. The third kappa shape index (κ3) is 4.07. The van der Waals surface area contributed by atoms with Crippen LogP contribution in [-0.4, -0.2) is 31.9 Å². The third-order valence-electron chi connectivity index (χ3n) is 5.32. The number of carbonyl (C=O) groups is 1. The number of allylic oxidation sites excluding steroid dienone is 1. The maximum absolute atomic E-state index is 13.6. The molecule has 33 heavy (non-hydrogen) atoms. The van der Waals surface area contributed by atoms with Crippen molar-refractivity contribution in [2.45, 2.75) is 13.0 Å². The summed E-state index contributed by atoms with van der Waals surface area (Å²) in [6.07, 6.45) is 1.73. The van der Waals surface area contributed by atoms with Gasteiger partial charge in [0.15, 0.2) is 16.3 Å². The number of halogens is 1. The van der Waals surface area contributed by atoms with Crippen LogP contribution in [0.25, 0.3) is 6.08 Å². The van der Waals surface area contributed by atoms with E-state index in [1.807, 2.05) is 6.07 Å². The van der Waals surface area contributed by atoms with Crippen LogP contribution in [0.5, 0.6) is 11.5 Å². The van der Waals surface area contributed by atoms with Gasteiger partial charge in [0.2, 0.25) is 0 Å². The lowest BCUT2D eigenvalue weighted by atomic mass is 9.96. The largest absolute Gasteiger partial charge is 0.493 e. The van der Waals surface area contributed by atoms with Crippen LogP contribution in [0.3, 0.4) is 0 Å². The third-order valence-corrected chi connectivity index (χ3v) is 6.30. The van der Waals surface area contributed by atoms with Crippen molar-refractivity contribution >= 4 is 23.4 Å². The predicted molar refractivity (Wildman–Crippen MR) is 122 cm³/mol. The summed E-state index contributed by atoms with van der Waals surface area (Å²) < 4.78 is 31.0. The van der Waals surface area contributed by atoms with Gasteiger partial charge in [0, 0.05) is 0 Å². The summed E-state index contributed by atoms with van der Waals surface area (Å²) in [6.45, 7) is 1.69. The number of hydrogen-bond acceptors (Lipinski definition) is 7. The summed E-state index contributed by atoms with van der Waals surface area (Å²) in [7, 11) is 4.36. The van der Waals surface area contributed by atoms with Crippen LogP contribution in [0.2, 0.25) is 0 Å². The Balaban J connectivity index is 1.93. The maximum Gasteiger partial charge on any atom is 0.338 e. The van der Waals surface area contributed by atoms with Crippen molar-refractivity contribution in [2.75, 3.05) is 21.3 Å². The number of aromatic nitrogens is 1. The van der Waals surface area contributed by atoms with Crippen molar-refractivity contribution in [1.82, 2.24) is 4.57 Å². The molecule has 0 bridgehead atoms. The van der Waals surface area contributed by atoms with Gasteiger partial charge in [-0.1, -0.05) is 29.5 Å². The summed E-state index contributed by atoms with van der Waals surface area (Å²) in [5, 5.41) is 0. The number of carbonyl (C=O) groups excluding carboxylic acids is 1. The van der Waals surface area contributed by atoms with E-state index in [-0.39, 0.29) is 11.1 Å². The van der Waals surface area contributed by atoms with Gasteiger partial charge in [-0.3, -0.25) is 9.36 Å². The van der Waals surface area contributed by atoms with Crippen molar-refractivity contribution in [3.05, 3.63) is 90.4 Å². The van der Waals surface area contributed by atoms with Gasteiger partial charge < -0.3 is 14.2 Å². The average molecular weight is 469 g/mol. The normalized spacial score (nSPS) is 15.7. The van der Waals surface area contributed by atoms with E-state index in [4.69, 9.17) is 14.2 Å². The minimum absolute atomic E-state index is 0.231. The fourth-order valence-corrected chi connectivity index (χ4v) is 4.79. The molecule has 0 aliphatic carbocycles. The van der Waals surface area contributed by atoms with Crippen molar-refractivity contribution in [1.29, 1.82) is 0 Å². The number of thiazole rings is 1. The zero-order valence-electron chi connectivity index (χ0n) is 18.4. The molecule has 0 spiro atoms. The van der Waals surface area contributed by atoms with E-state index in [2.05, 4.69) is 4.99 Å². The number of esters is 1. The Hall–Kier alpha value is -3.72. The van der Waals surface area contributed by atoms with Crippen molar-refractivity contribution in [2.24, 2.45) is 4.99 Å². The molecule has 1 aromatic heterocycles. The van der Waals surface area contributed by atoms with E-state index < -0.39 is 17.8 Å². The van der Waals surface area contributed by atoms with Crippen LogP contribution >= 0.6 is 11.3 Å². The molecular formula is C24H21FN2O5S. The van der Waals surface area contributed by atoms with Gasteiger partial charge in [0.1, 0.15) is 5.82 Å². The van der Waals surface area contributed by atoms with Crippen LogP contribution < -0.4 is 24.4 Å². The summed E-state index contributed by atoms with van der Waals surface area (Å²) in [6, 6.07) is 10.2. The standard InChI is InChI=1S/C24H21FN2O5S/c1-13-20(23(29)32-4)21(15-6-8-16(25)9-7-15)27-22(28)19(33-24(27)26-13)12-14-5-10-17(30-2)18(11-14)31-3/h5-12,21H,1-4H3. The van der Waals surface area contributed by atoms with Gasteiger partial charge in [0.25, 0.3) is 5.56 Å². The monoisotopic (exact) mass is 468 g/mol. The summed E-state index contributed by atoms with van der Waals surface area (Å²) in [5.74, 6) is 0.0949. The second-order valence-electron chi connectivity index (χ2n) is 7.24. The average Bonchev–Trinajstić information content (AvgIpc) is 3.12. The van der Waals surface area contributed by atoms with E-state index in [1.54, 1.807) is 44.4 Å². The summed E-state index contributed by atoms with van der Waals surface area (Å²) in [5.41, 5.74) is 1.66. The molecule has 170 valence electrons. The molecule has 0 saturated heterocycles. The Morgan fingerprint density at radius 3 is 2.42 bits per heavy atom. The fourth-order valence-electron chi connectivity index (χ4n) is 3.75. The van der Waals surface area contributed by atoms with E-state index in [9.17, 15) is 14.0 Å². The molecule has 4 rings (SSSR count). The first-order chi connectivity index (χ1) is 15.9. The number of ether oxygens (including phenoxy) is 3. The van der Waals surface area contributed by atoms with Crippen molar-refractivity contribution in [3.8, 4) is 11.5 Å². The van der Waals surface area contributed by atoms with Crippen LogP contribution in [0, 0.1) is 5.82 Å². The highest BCUT2D eigenvalue weighted by Gasteiger charge is 2.33. The molecule has 2 heterocycles. The number of rotatable bonds is 5. The van der Waals surface area contributed by atoms with Gasteiger partial charge in [0.05, 0.1) is 43.2 Å². The lowest BCUT2D eigenvalue weighted by Gasteiger charge is -2.24. The Kier molecular flexibility index (Phi) is 6.15. The number of hydrogen-bond donors (Lipinski definition) is 0. The molecule has 0 N–H and O–H groups in total. The van der Waals surface area contributed by atoms with E-state index in [1.165, 1.54) is 42.3 Å². The zero-order valence-corrected chi connectivity index (χ0v) is 19.2. The molecule has 1 aliphatic heterocycles. The molecule has 1 unspecified atom stereocenters. The molecule has 1 atom stereocenters. The van der Waals surface area contributed by atoms with Crippen LogP contribution in [-0.2, 0) is 9.53 Å². The Bertz CT molecular complexity index is 1440. The maximum atomic E-state index is 13.6. The number of fused-ring (bicyclic) bond motifs is 1. The molecule has 0 amide bonds. The highest BCUT2D eigenvalue weighted by molar-refractivity contribution is 7.07. The Labute approximate surface area is 192 Å². The molecule has 0 saturated carbocycles. The molecular weight excluding hydrogens is 447 g/mol. The Morgan fingerprint density at radius 1 is 1.09 bits per heavy atom. The first-order valence-corrected chi connectivity index (χ1v) is 10.8. The van der Waals surface area contributed by atoms with Crippen molar-refractivity contribution < 1.29 is 23.4 Å². The lowest BCUT2D eigenvalue weighted by Crippen LogP contribution is -2.39. The second kappa shape index (κ2) is 9.03. The van der Waals surface area contributed by atoms with Gasteiger partial charge in [-0.05, 0) is 48.4 Å². The highest BCUT2D eigenvalue weighted by atomic mass is 32.1. The van der Waals surface area contributed by atoms with Crippen molar-refractivity contribution in [3.63, 3.8) is 0 Å². The molecule has 9 heteroatoms. The number of methoxy groups -OCH3 is 3. The highest BCUT2D eigenvalue weighted by Crippen LogP contribution is 2.31. The number of benzene rings is 2. The molecule has 3 aromatic rings. The van der Waals surface area contributed by atoms with E-state index in [0.29, 0.717) is 32.1 Å². The topological polar surface area (TPSA) is 79.1 Å². The van der Waals surface area contributed by atoms with Crippen LogP contribution in [0.1, 0.15) is 24.1 Å². The summed E-state index contributed by atoms with van der Waals surface area (Å²) in [4.78, 5) is 31.0. The molecule has 2 aromatic carbocycles. The minimum Gasteiger partial charge on any atom is -0.493 e. The zero-order chi connectivity index (χ0) is 23.7. The van der Waals surface area contributed by atoms with Gasteiger partial charge in [-0.2, -0.15) is 0 Å². The van der Waals surface area contributed by atoms with Gasteiger partial charge >= 0.3 is 5.97 Å². The summed E-state index contributed by atoms with van der Waals surface area (Å²) >= 11 is 1.20. The molecule has 1 aliphatic rings. The number of nitrogens with zero attached hydrogens (tertiary/aromatic N) is 2. The molecule has 0 fully saturated rings. The second-order valence-corrected chi connectivity index (χ2v) is 8.25. The first kappa shape index (κ1) is 22.5. The van der Waals surface area contributed by atoms with E-state index in [0.717, 1.165) is 5.56 Å². The SMILES string of the molecule is COC(=O)C1=C(C)N=c2sc(=Cc3ccc(OC)c(OC)c3)c(=O)n2C1c1ccc(F)cc1.